The van der Waals surface area contributed by atoms with Crippen LogP contribution in [0.25, 0.3) is 0 Å². The molecule has 0 saturated carbocycles. The average molecular weight is 431 g/mol. The monoisotopic (exact) mass is 432 g/mol. The van der Waals surface area contributed by atoms with Gasteiger partial charge < -0.3 is 9.90 Å². The molecule has 0 amide bonds. The van der Waals surface area contributed by atoms with E-state index < -0.39 is 5.97 Å². The number of hydrogen-bond acceptors (Lipinski definition) is 4. The third-order valence-corrected chi connectivity index (χ3v) is 2.17. The van der Waals surface area contributed by atoms with Gasteiger partial charge in [0.25, 0.3) is 0 Å². The molecule has 0 aliphatic heterocycles. The number of rotatable bonds is 2. The minimum absolute atomic E-state index is 0.220. The number of carboxylic acid groups (broad SMARTS) is 1. The summed E-state index contributed by atoms with van der Waals surface area (Å²) in [5.41, 5.74) is 0.220. The van der Waals surface area contributed by atoms with Crippen molar-refractivity contribution < 1.29 is 36.0 Å². The molecule has 0 N–H and O–H groups in total. The molecule has 0 aliphatic carbocycles. The summed E-state index contributed by atoms with van der Waals surface area (Å²) in [4.78, 5) is 10.1. The standard InChI is InChI=1S/C7H6O2.C2H6S2.CH3.Hg/c8-7(9)6-4-2-1-3-5-6;1-4-2-3;;/h1-5H,(H,8,9);3H,2H2,1H3;1H3;/q;;;+1/p-1. The van der Waals surface area contributed by atoms with Gasteiger partial charge in [-0.2, -0.15) is 24.4 Å². The average Bonchev–Trinajstić information content (AvgIpc) is 2.33. The molecular weight excluding hydrogens is 417 g/mol. The quantitative estimate of drug-likeness (QED) is 0.442. The molecule has 0 saturated heterocycles. The molecule has 0 fully saturated rings. The summed E-state index contributed by atoms with van der Waals surface area (Å²) in [6, 6.07) is 8.06. The zero-order valence-electron chi connectivity index (χ0n) is 8.97. The van der Waals surface area contributed by atoms with Gasteiger partial charge in [-0.1, -0.05) is 30.3 Å². The van der Waals surface area contributed by atoms with Crippen LogP contribution in [0.5, 0.6) is 0 Å². The van der Waals surface area contributed by atoms with Crippen LogP contribution in [-0.4, -0.2) is 17.3 Å². The van der Waals surface area contributed by atoms with Gasteiger partial charge in [0.05, 0.1) is 5.97 Å². The summed E-state index contributed by atoms with van der Waals surface area (Å²) in [5, 5.41) is 11.0. The minimum atomic E-state index is -1.13. The number of carboxylic acids is 1. The van der Waals surface area contributed by atoms with E-state index in [0.717, 1.165) is 31.2 Å². The Kier molecular flexibility index (Phi) is 16.9. The Labute approximate surface area is 117 Å². The van der Waals surface area contributed by atoms with Gasteiger partial charge in [-0.25, -0.2) is 0 Å². The van der Waals surface area contributed by atoms with Crippen LogP contribution in [0.15, 0.2) is 30.3 Å². The van der Waals surface area contributed by atoms with Crippen molar-refractivity contribution >= 4 is 30.4 Å². The van der Waals surface area contributed by atoms with Gasteiger partial charge >= 0.3 is 30.6 Å². The Balaban J connectivity index is 0. The number of thiol groups is 1. The van der Waals surface area contributed by atoms with E-state index in [1.54, 1.807) is 30.0 Å². The summed E-state index contributed by atoms with van der Waals surface area (Å²) in [5.74, 6) is -1.13. The molecule has 80 valence electrons. The van der Waals surface area contributed by atoms with Crippen LogP contribution in [0.2, 0.25) is 4.43 Å². The maximum absolute atomic E-state index is 10.1. The van der Waals surface area contributed by atoms with Crippen molar-refractivity contribution in [2.45, 2.75) is 4.43 Å². The van der Waals surface area contributed by atoms with Gasteiger partial charge in [-0.3, -0.25) is 0 Å². The number of carbonyl (C=O) groups excluding carboxylic acids is 1. The van der Waals surface area contributed by atoms with Gasteiger partial charge in [-0.05, 0) is 11.8 Å². The molecular formula is C10H14HgO2S2. The first-order valence-corrected chi connectivity index (χ1v) is 11.8. The summed E-state index contributed by atoms with van der Waals surface area (Å²) in [6.07, 6.45) is 2.02. The van der Waals surface area contributed by atoms with E-state index in [-0.39, 0.29) is 5.56 Å². The summed E-state index contributed by atoms with van der Waals surface area (Å²) < 4.78 is 2.19. The normalized spacial score (nSPS) is 7.80. The molecule has 15 heavy (non-hydrogen) atoms. The Hall–Kier alpha value is 0.325. The number of thioether (sulfide) groups is 1. The van der Waals surface area contributed by atoms with E-state index in [0.29, 0.717) is 0 Å². The van der Waals surface area contributed by atoms with Crippen molar-refractivity contribution in [2.24, 2.45) is 0 Å². The van der Waals surface area contributed by atoms with E-state index in [2.05, 4.69) is 17.1 Å². The Bertz CT molecular complexity index is 240. The summed E-state index contributed by atoms with van der Waals surface area (Å²) in [7, 11) is 0. The van der Waals surface area contributed by atoms with E-state index in [1.807, 2.05) is 6.26 Å². The van der Waals surface area contributed by atoms with Crippen molar-refractivity contribution in [1.29, 1.82) is 0 Å². The van der Waals surface area contributed by atoms with Crippen molar-refractivity contribution in [3.63, 3.8) is 0 Å². The molecule has 0 atom stereocenters. The maximum atomic E-state index is 10.1. The van der Waals surface area contributed by atoms with Crippen LogP contribution in [-0.2, 0) is 26.1 Å². The van der Waals surface area contributed by atoms with Crippen LogP contribution >= 0.6 is 24.4 Å². The molecule has 2 nitrogen and oxygen atoms in total. The second-order valence-electron chi connectivity index (χ2n) is 2.07. The Morgan fingerprint density at radius 2 is 1.80 bits per heavy atom. The fourth-order valence-corrected chi connectivity index (χ4v) is 0.574. The topological polar surface area (TPSA) is 40.1 Å². The fraction of sp³-hybridized carbons (Fsp3) is 0.300. The first-order valence-electron chi connectivity index (χ1n) is 4.29. The van der Waals surface area contributed by atoms with Crippen molar-refractivity contribution in [2.75, 3.05) is 11.3 Å². The third-order valence-electron chi connectivity index (χ3n) is 1.14. The molecule has 0 aliphatic rings. The SMILES string of the molecule is CSCS.O=C([O-])c1ccccc1.[CH3][Hg+]. The summed E-state index contributed by atoms with van der Waals surface area (Å²) in [6.45, 7) is 0. The molecule has 0 spiro atoms. The van der Waals surface area contributed by atoms with Crippen molar-refractivity contribution in [3.05, 3.63) is 35.9 Å². The van der Waals surface area contributed by atoms with Crippen LogP contribution in [0.4, 0.5) is 0 Å². The third kappa shape index (κ3) is 12.3. The second-order valence-corrected chi connectivity index (χ2v) is 3.68. The summed E-state index contributed by atoms with van der Waals surface area (Å²) >= 11 is 6.63. The number of benzene rings is 1. The molecule has 0 heterocycles. The van der Waals surface area contributed by atoms with Crippen LogP contribution < -0.4 is 5.11 Å². The molecule has 1 aromatic carbocycles. The molecule has 0 unspecified atom stereocenters. The Morgan fingerprint density at radius 1 is 1.40 bits per heavy atom. The zero-order valence-corrected chi connectivity index (χ0v) is 16.2. The van der Waals surface area contributed by atoms with Gasteiger partial charge in [0.2, 0.25) is 0 Å². The van der Waals surface area contributed by atoms with Gasteiger partial charge in [0, 0.05) is 5.08 Å². The Morgan fingerprint density at radius 3 is 2.00 bits per heavy atom. The van der Waals surface area contributed by atoms with E-state index in [1.165, 1.54) is 12.1 Å². The molecule has 0 bridgehead atoms. The van der Waals surface area contributed by atoms with E-state index in [4.69, 9.17) is 0 Å². The van der Waals surface area contributed by atoms with Gasteiger partial charge in [-0.15, -0.1) is 0 Å². The molecule has 0 aromatic heterocycles. The van der Waals surface area contributed by atoms with Gasteiger partial charge in [0.15, 0.2) is 0 Å². The van der Waals surface area contributed by atoms with E-state index >= 15 is 0 Å². The van der Waals surface area contributed by atoms with Crippen LogP contribution in [0.3, 0.4) is 0 Å². The predicted molar refractivity (Wildman–Crippen MR) is 64.0 cm³/mol. The van der Waals surface area contributed by atoms with Crippen LogP contribution in [0, 0.1) is 0 Å². The van der Waals surface area contributed by atoms with Crippen LogP contribution in [0.1, 0.15) is 10.4 Å². The van der Waals surface area contributed by atoms with Crippen molar-refractivity contribution in [1.82, 2.24) is 0 Å². The molecule has 1 aromatic rings. The number of carbonyl (C=O) groups is 1. The molecule has 0 radical (unpaired) electrons. The molecule has 5 heteroatoms. The number of aromatic carboxylic acids is 1. The van der Waals surface area contributed by atoms with Gasteiger partial charge in [0.1, 0.15) is 0 Å². The van der Waals surface area contributed by atoms with E-state index in [9.17, 15) is 9.90 Å². The second kappa shape index (κ2) is 14.3. The first kappa shape index (κ1) is 17.7. The zero-order chi connectivity index (χ0) is 12.1. The van der Waals surface area contributed by atoms with Crippen molar-refractivity contribution in [3.8, 4) is 0 Å². The first-order chi connectivity index (χ1) is 7.22. The fourth-order valence-electron chi connectivity index (χ4n) is 0.574. The molecule has 1 rings (SSSR count). The number of hydrogen-bond donors (Lipinski definition) is 1. The predicted octanol–water partition coefficient (Wildman–Crippen LogP) is 1.87.